The molecule has 1 aliphatic rings. The Hall–Kier alpha value is -2.13. The number of hydrogen-bond donors (Lipinski definition) is 2. The van der Waals surface area contributed by atoms with Gasteiger partial charge in [0.1, 0.15) is 6.54 Å². The van der Waals surface area contributed by atoms with Crippen LogP contribution < -0.4 is 10.6 Å². The number of aromatic nitrogens is 3. The first kappa shape index (κ1) is 16.2. The Kier molecular flexibility index (Phi) is 4.99. The lowest BCUT2D eigenvalue weighted by Crippen LogP contribution is -2.31. The van der Waals surface area contributed by atoms with Gasteiger partial charge in [0, 0.05) is 12.5 Å². The van der Waals surface area contributed by atoms with Gasteiger partial charge in [-0.1, -0.05) is 11.6 Å². The molecule has 2 amide bonds. The number of halogens is 3. The zero-order valence-electron chi connectivity index (χ0n) is 11.7. The van der Waals surface area contributed by atoms with Gasteiger partial charge in [-0.2, -0.15) is 13.2 Å². The zero-order chi connectivity index (χ0) is 16.2. The van der Waals surface area contributed by atoms with E-state index in [4.69, 9.17) is 0 Å². The van der Waals surface area contributed by atoms with Crippen LogP contribution in [0.5, 0.6) is 0 Å². The number of carbonyl (C=O) groups excluding carboxylic acids is 2. The lowest BCUT2D eigenvalue weighted by atomic mass is 9.85. The predicted molar refractivity (Wildman–Crippen MR) is 69.7 cm³/mol. The number of hydrogen-bond acceptors (Lipinski definition) is 4. The van der Waals surface area contributed by atoms with Gasteiger partial charge in [0.25, 0.3) is 0 Å². The van der Waals surface area contributed by atoms with Crippen molar-refractivity contribution in [1.29, 1.82) is 0 Å². The average Bonchev–Trinajstić information content (AvgIpc) is 2.71. The second kappa shape index (κ2) is 6.75. The minimum absolute atomic E-state index is 0.00387. The van der Waals surface area contributed by atoms with Gasteiger partial charge in [0.05, 0.1) is 12.6 Å². The van der Waals surface area contributed by atoms with Gasteiger partial charge in [0.15, 0.2) is 5.82 Å². The second-order valence-electron chi connectivity index (χ2n) is 5.13. The lowest BCUT2D eigenvalue weighted by molar-refractivity contribution is -0.135. The quantitative estimate of drug-likeness (QED) is 0.821. The van der Waals surface area contributed by atoms with Crippen molar-refractivity contribution in [1.82, 2.24) is 20.3 Å². The summed E-state index contributed by atoms with van der Waals surface area (Å²) in [5, 5.41) is 12.1. The molecule has 1 saturated carbocycles. The third-order valence-electron chi connectivity index (χ3n) is 3.30. The maximum atomic E-state index is 11.9. The van der Waals surface area contributed by atoms with E-state index in [9.17, 15) is 22.8 Å². The van der Waals surface area contributed by atoms with Gasteiger partial charge in [-0.05, 0) is 12.8 Å². The van der Waals surface area contributed by atoms with Crippen molar-refractivity contribution in [2.75, 3.05) is 11.9 Å². The van der Waals surface area contributed by atoms with Crippen molar-refractivity contribution in [2.24, 2.45) is 5.92 Å². The molecule has 0 aromatic carbocycles. The van der Waals surface area contributed by atoms with Crippen LogP contribution in [0.1, 0.15) is 25.7 Å². The van der Waals surface area contributed by atoms with E-state index in [1.807, 2.05) is 0 Å². The molecule has 0 bridgehead atoms. The first-order valence-corrected chi connectivity index (χ1v) is 6.88. The summed E-state index contributed by atoms with van der Waals surface area (Å²) in [6.45, 7) is -0.744. The van der Waals surface area contributed by atoms with E-state index < -0.39 is 25.0 Å². The highest BCUT2D eigenvalue weighted by molar-refractivity contribution is 5.92. The zero-order valence-corrected chi connectivity index (χ0v) is 11.7. The third-order valence-corrected chi connectivity index (χ3v) is 3.30. The highest BCUT2D eigenvalue weighted by atomic mass is 19.4. The average molecular weight is 319 g/mol. The van der Waals surface area contributed by atoms with Gasteiger partial charge in [-0.3, -0.25) is 9.59 Å². The van der Waals surface area contributed by atoms with Crippen molar-refractivity contribution < 1.29 is 22.8 Å². The molecule has 0 saturated heterocycles. The standard InChI is InChI=1S/C12H16F3N5O2/c13-12(14,15)4-5-16-10(21)7-20-6-9(18-19-20)17-11(22)8-2-1-3-8/h6,8H,1-5,7H2,(H,16,21)(H,17,22). The fourth-order valence-corrected chi connectivity index (χ4v) is 1.88. The van der Waals surface area contributed by atoms with Gasteiger partial charge >= 0.3 is 6.18 Å². The first-order chi connectivity index (χ1) is 10.3. The Labute approximate surface area is 124 Å². The molecule has 1 aliphatic carbocycles. The molecule has 122 valence electrons. The fourth-order valence-electron chi connectivity index (χ4n) is 1.88. The minimum atomic E-state index is -4.31. The van der Waals surface area contributed by atoms with Crippen LogP contribution in [-0.2, 0) is 16.1 Å². The van der Waals surface area contributed by atoms with Crippen LogP contribution in [0.2, 0.25) is 0 Å². The molecule has 0 atom stereocenters. The van der Waals surface area contributed by atoms with E-state index in [0.29, 0.717) is 0 Å². The molecule has 0 radical (unpaired) electrons. The predicted octanol–water partition coefficient (Wildman–Crippen LogP) is 1.09. The van der Waals surface area contributed by atoms with Crippen LogP contribution >= 0.6 is 0 Å². The van der Waals surface area contributed by atoms with Crippen LogP contribution in [-0.4, -0.2) is 39.5 Å². The summed E-state index contributed by atoms with van der Waals surface area (Å²) in [6.07, 6.45) is -1.30. The van der Waals surface area contributed by atoms with Crippen molar-refractivity contribution >= 4 is 17.6 Å². The summed E-state index contributed by atoms with van der Waals surface area (Å²) < 4.78 is 37.0. The maximum absolute atomic E-state index is 11.9. The molecule has 2 N–H and O–H groups in total. The lowest BCUT2D eigenvalue weighted by Gasteiger charge is -2.23. The summed E-state index contributed by atoms with van der Waals surface area (Å²) in [5.41, 5.74) is 0. The van der Waals surface area contributed by atoms with Crippen molar-refractivity contribution in [3.05, 3.63) is 6.20 Å². The molecule has 7 nitrogen and oxygen atoms in total. The van der Waals surface area contributed by atoms with E-state index >= 15 is 0 Å². The number of anilines is 1. The van der Waals surface area contributed by atoms with E-state index in [2.05, 4.69) is 20.9 Å². The molecule has 10 heteroatoms. The molecule has 22 heavy (non-hydrogen) atoms. The Bertz CT molecular complexity index is 539. The highest BCUT2D eigenvalue weighted by Crippen LogP contribution is 2.27. The molecule has 2 rings (SSSR count). The number of nitrogens with zero attached hydrogens (tertiary/aromatic N) is 3. The Balaban J connectivity index is 1.74. The Morgan fingerprint density at radius 2 is 2.09 bits per heavy atom. The minimum Gasteiger partial charge on any atom is -0.354 e. The highest BCUT2D eigenvalue weighted by Gasteiger charge is 2.27. The van der Waals surface area contributed by atoms with E-state index in [1.54, 1.807) is 0 Å². The fraction of sp³-hybridized carbons (Fsp3) is 0.667. The van der Waals surface area contributed by atoms with Crippen LogP contribution in [0.15, 0.2) is 6.20 Å². The number of carbonyl (C=O) groups is 2. The molecule has 0 spiro atoms. The van der Waals surface area contributed by atoms with Crippen molar-refractivity contribution in [3.63, 3.8) is 0 Å². The maximum Gasteiger partial charge on any atom is 0.390 e. The summed E-state index contributed by atoms with van der Waals surface area (Å²) in [5.74, 6) is -0.519. The third kappa shape index (κ3) is 5.01. The number of nitrogens with one attached hydrogen (secondary N) is 2. The van der Waals surface area contributed by atoms with Crippen LogP contribution in [0.4, 0.5) is 19.0 Å². The Morgan fingerprint density at radius 3 is 2.68 bits per heavy atom. The molecular formula is C12H16F3N5O2. The summed E-state index contributed by atoms with van der Waals surface area (Å²) in [6, 6.07) is 0. The molecular weight excluding hydrogens is 303 g/mol. The van der Waals surface area contributed by atoms with Gasteiger partial charge in [-0.25, -0.2) is 4.68 Å². The summed E-state index contributed by atoms with van der Waals surface area (Å²) >= 11 is 0. The summed E-state index contributed by atoms with van der Waals surface area (Å²) in [4.78, 5) is 23.1. The molecule has 1 aromatic heterocycles. The summed E-state index contributed by atoms with van der Waals surface area (Å²) in [7, 11) is 0. The normalized spacial score (nSPS) is 15.2. The van der Waals surface area contributed by atoms with Gasteiger partial charge < -0.3 is 10.6 Å². The van der Waals surface area contributed by atoms with Crippen LogP contribution in [0, 0.1) is 5.92 Å². The van der Waals surface area contributed by atoms with Crippen molar-refractivity contribution in [3.8, 4) is 0 Å². The monoisotopic (exact) mass is 319 g/mol. The second-order valence-corrected chi connectivity index (χ2v) is 5.13. The van der Waals surface area contributed by atoms with Crippen LogP contribution in [0.25, 0.3) is 0 Å². The van der Waals surface area contributed by atoms with Gasteiger partial charge in [-0.15, -0.1) is 5.10 Å². The van der Waals surface area contributed by atoms with Crippen LogP contribution in [0.3, 0.4) is 0 Å². The van der Waals surface area contributed by atoms with Crippen molar-refractivity contribution in [2.45, 2.75) is 38.4 Å². The van der Waals surface area contributed by atoms with Gasteiger partial charge in [0.2, 0.25) is 11.8 Å². The molecule has 1 fully saturated rings. The first-order valence-electron chi connectivity index (χ1n) is 6.88. The number of alkyl halides is 3. The SMILES string of the molecule is O=C(Cn1cc(NC(=O)C2CCC2)nn1)NCCC(F)(F)F. The number of rotatable bonds is 6. The van der Waals surface area contributed by atoms with E-state index in [-0.39, 0.29) is 24.2 Å². The topological polar surface area (TPSA) is 88.9 Å². The molecule has 1 aromatic rings. The largest absolute Gasteiger partial charge is 0.390 e. The van der Waals surface area contributed by atoms with E-state index in [0.717, 1.165) is 23.9 Å². The molecule has 1 heterocycles. The van der Waals surface area contributed by atoms with E-state index in [1.165, 1.54) is 6.20 Å². The smallest absolute Gasteiger partial charge is 0.354 e. The number of amides is 2. The molecule has 0 unspecified atom stereocenters. The Morgan fingerprint density at radius 1 is 1.36 bits per heavy atom. The molecule has 0 aliphatic heterocycles.